The number of rotatable bonds is 6. The second-order valence-electron chi connectivity index (χ2n) is 7.09. The fourth-order valence-electron chi connectivity index (χ4n) is 3.83. The van der Waals surface area contributed by atoms with Crippen LogP contribution in [0, 0.1) is 17.6 Å². The zero-order valence-electron chi connectivity index (χ0n) is 15.4. The van der Waals surface area contributed by atoms with E-state index in [-0.39, 0.29) is 11.4 Å². The minimum absolute atomic E-state index is 0.103. The van der Waals surface area contributed by atoms with Crippen LogP contribution in [0.4, 0.5) is 17.6 Å². The molecule has 1 saturated carbocycles. The van der Waals surface area contributed by atoms with Crippen LogP contribution in [-0.4, -0.2) is 16.6 Å². The van der Waals surface area contributed by atoms with Crippen LogP contribution < -0.4 is 4.74 Å². The Morgan fingerprint density at radius 1 is 1.14 bits per heavy atom. The molecule has 1 aliphatic carbocycles. The summed E-state index contributed by atoms with van der Waals surface area (Å²) in [5, 5.41) is -0.917. The normalized spacial score (nSPS) is 19.8. The maximum Gasteiger partial charge on any atom is 0.387 e. The van der Waals surface area contributed by atoms with Gasteiger partial charge in [-0.3, -0.25) is 0 Å². The first-order chi connectivity index (χ1) is 13.4. The number of nitrogens with zero attached hydrogens (tertiary/aromatic N) is 2. The van der Waals surface area contributed by atoms with Gasteiger partial charge in [0.1, 0.15) is 10.8 Å². The standard InChI is InChI=1S/C20H21ClF4N2O/c1-2-3-11-4-6-12(7-5-11)13-9-26-19(27-10-13)14-8-15(22)16(21)17(23)18(14)28-20(24)25/h8-12,20H,2-7H2,1H3. The Bertz CT molecular complexity index is 809. The Balaban J connectivity index is 1.84. The lowest BCUT2D eigenvalue weighted by Crippen LogP contribution is -2.13. The molecule has 0 unspecified atom stereocenters. The number of aromatic nitrogens is 2. The van der Waals surface area contributed by atoms with E-state index >= 15 is 0 Å². The molecule has 3 rings (SSSR count). The molecule has 28 heavy (non-hydrogen) atoms. The van der Waals surface area contributed by atoms with Crippen molar-refractivity contribution in [2.75, 3.05) is 0 Å². The van der Waals surface area contributed by atoms with Crippen molar-refractivity contribution in [2.45, 2.75) is 58.0 Å². The molecule has 0 saturated heterocycles. The van der Waals surface area contributed by atoms with E-state index in [4.69, 9.17) is 11.6 Å². The van der Waals surface area contributed by atoms with Gasteiger partial charge < -0.3 is 4.74 Å². The van der Waals surface area contributed by atoms with Crippen molar-refractivity contribution < 1.29 is 22.3 Å². The van der Waals surface area contributed by atoms with E-state index in [1.807, 2.05) is 0 Å². The first-order valence-corrected chi connectivity index (χ1v) is 9.73. The Labute approximate surface area is 166 Å². The van der Waals surface area contributed by atoms with E-state index in [2.05, 4.69) is 21.6 Å². The maximum absolute atomic E-state index is 14.2. The molecule has 0 radical (unpaired) electrons. The minimum atomic E-state index is -3.30. The van der Waals surface area contributed by atoms with Crippen LogP contribution in [0.1, 0.15) is 56.9 Å². The van der Waals surface area contributed by atoms with E-state index in [0.29, 0.717) is 5.92 Å². The molecular weight excluding hydrogens is 396 g/mol. The fraction of sp³-hybridized carbons (Fsp3) is 0.500. The third kappa shape index (κ3) is 4.57. The fourth-order valence-corrected chi connectivity index (χ4v) is 3.97. The second-order valence-corrected chi connectivity index (χ2v) is 7.47. The molecule has 2 aromatic rings. The SMILES string of the molecule is CCCC1CCC(c2cnc(-c3cc(F)c(Cl)c(F)c3OC(F)F)nc2)CC1. The van der Waals surface area contributed by atoms with Gasteiger partial charge in [-0.1, -0.05) is 31.4 Å². The highest BCUT2D eigenvalue weighted by molar-refractivity contribution is 6.31. The first-order valence-electron chi connectivity index (χ1n) is 9.35. The molecule has 0 spiro atoms. The van der Waals surface area contributed by atoms with Crippen molar-refractivity contribution in [1.82, 2.24) is 9.97 Å². The third-order valence-corrected chi connectivity index (χ3v) is 5.60. The summed E-state index contributed by atoms with van der Waals surface area (Å²) < 4.78 is 57.5. The summed E-state index contributed by atoms with van der Waals surface area (Å²) in [6, 6.07) is 0.800. The summed E-state index contributed by atoms with van der Waals surface area (Å²) in [5.41, 5.74) is 0.628. The van der Waals surface area contributed by atoms with Gasteiger partial charge in [0.15, 0.2) is 17.4 Å². The van der Waals surface area contributed by atoms with E-state index in [1.54, 1.807) is 12.4 Å². The molecule has 8 heteroatoms. The monoisotopic (exact) mass is 416 g/mol. The summed E-state index contributed by atoms with van der Waals surface area (Å²) in [7, 11) is 0. The van der Waals surface area contributed by atoms with E-state index < -0.39 is 29.0 Å². The average Bonchev–Trinajstić information content (AvgIpc) is 2.69. The van der Waals surface area contributed by atoms with Crippen LogP contribution in [0.5, 0.6) is 5.75 Å². The quantitative estimate of drug-likeness (QED) is 0.386. The van der Waals surface area contributed by atoms with Crippen molar-refractivity contribution in [3.8, 4) is 17.1 Å². The summed E-state index contributed by atoms with van der Waals surface area (Å²) in [5.74, 6) is -2.38. The molecule has 1 heterocycles. The predicted octanol–water partition coefficient (Wildman–Crippen LogP) is 6.75. The van der Waals surface area contributed by atoms with E-state index in [0.717, 1.165) is 43.2 Å². The molecule has 1 fully saturated rings. The summed E-state index contributed by atoms with van der Waals surface area (Å²) in [4.78, 5) is 8.29. The van der Waals surface area contributed by atoms with Gasteiger partial charge in [0.2, 0.25) is 0 Å². The average molecular weight is 417 g/mol. The van der Waals surface area contributed by atoms with Crippen LogP contribution >= 0.6 is 11.6 Å². The molecule has 1 aliphatic rings. The predicted molar refractivity (Wildman–Crippen MR) is 98.6 cm³/mol. The van der Waals surface area contributed by atoms with Crippen LogP contribution in [0.2, 0.25) is 5.02 Å². The van der Waals surface area contributed by atoms with Crippen LogP contribution in [0.15, 0.2) is 18.5 Å². The van der Waals surface area contributed by atoms with Crippen LogP contribution in [0.3, 0.4) is 0 Å². The topological polar surface area (TPSA) is 35.0 Å². The van der Waals surface area contributed by atoms with Gasteiger partial charge in [0, 0.05) is 12.4 Å². The third-order valence-electron chi connectivity index (χ3n) is 5.25. The highest BCUT2D eigenvalue weighted by atomic mass is 35.5. The van der Waals surface area contributed by atoms with E-state index in [9.17, 15) is 17.6 Å². The zero-order chi connectivity index (χ0) is 20.3. The van der Waals surface area contributed by atoms with Crippen LogP contribution in [-0.2, 0) is 0 Å². The van der Waals surface area contributed by atoms with Gasteiger partial charge in [-0.15, -0.1) is 0 Å². The molecule has 0 atom stereocenters. The van der Waals surface area contributed by atoms with Crippen molar-refractivity contribution in [3.63, 3.8) is 0 Å². The number of alkyl halides is 2. The van der Waals surface area contributed by atoms with Gasteiger partial charge >= 0.3 is 6.61 Å². The van der Waals surface area contributed by atoms with Crippen molar-refractivity contribution >= 4 is 11.6 Å². The van der Waals surface area contributed by atoms with Gasteiger partial charge in [0.05, 0.1) is 5.56 Å². The van der Waals surface area contributed by atoms with E-state index in [1.165, 1.54) is 12.8 Å². The molecule has 0 N–H and O–H groups in total. The summed E-state index contributed by atoms with van der Waals surface area (Å²) >= 11 is 5.47. The van der Waals surface area contributed by atoms with Crippen molar-refractivity contribution in [1.29, 1.82) is 0 Å². The Kier molecular flexibility index (Phi) is 6.75. The maximum atomic E-state index is 14.2. The molecule has 152 valence electrons. The molecule has 1 aromatic heterocycles. The second kappa shape index (κ2) is 9.07. The lowest BCUT2D eigenvalue weighted by Gasteiger charge is -2.28. The number of benzene rings is 1. The number of hydrogen-bond donors (Lipinski definition) is 0. The largest absolute Gasteiger partial charge is 0.431 e. The van der Waals surface area contributed by atoms with Gasteiger partial charge in [0.25, 0.3) is 0 Å². The van der Waals surface area contributed by atoms with Gasteiger partial charge in [-0.2, -0.15) is 8.78 Å². The lowest BCUT2D eigenvalue weighted by atomic mass is 9.78. The Morgan fingerprint density at radius 2 is 1.79 bits per heavy atom. The number of halogens is 5. The first kappa shape index (κ1) is 20.8. The molecule has 1 aromatic carbocycles. The van der Waals surface area contributed by atoms with Crippen molar-refractivity contribution in [3.05, 3.63) is 40.7 Å². The van der Waals surface area contributed by atoms with Gasteiger partial charge in [-0.05, 0) is 49.1 Å². The number of ether oxygens (including phenoxy) is 1. The molecule has 0 amide bonds. The molecular formula is C20H21ClF4N2O. The van der Waals surface area contributed by atoms with Crippen LogP contribution in [0.25, 0.3) is 11.4 Å². The minimum Gasteiger partial charge on any atom is -0.431 e. The van der Waals surface area contributed by atoms with Gasteiger partial charge in [-0.25, -0.2) is 18.7 Å². The molecule has 3 nitrogen and oxygen atoms in total. The Morgan fingerprint density at radius 3 is 2.36 bits per heavy atom. The smallest absolute Gasteiger partial charge is 0.387 e. The Hall–Kier alpha value is -1.89. The molecule has 0 aliphatic heterocycles. The highest BCUT2D eigenvalue weighted by Gasteiger charge is 2.25. The lowest BCUT2D eigenvalue weighted by molar-refractivity contribution is -0.0518. The molecule has 0 bridgehead atoms. The van der Waals surface area contributed by atoms with Crippen molar-refractivity contribution in [2.24, 2.45) is 5.92 Å². The summed E-state index contributed by atoms with van der Waals surface area (Å²) in [6.07, 6.45) is 9.98. The summed E-state index contributed by atoms with van der Waals surface area (Å²) in [6.45, 7) is -1.11. The number of hydrogen-bond acceptors (Lipinski definition) is 3. The zero-order valence-corrected chi connectivity index (χ0v) is 16.2. The highest BCUT2D eigenvalue weighted by Crippen LogP contribution is 2.39.